The van der Waals surface area contributed by atoms with Gasteiger partial charge < -0.3 is 24.9 Å². The number of nitrogen functional groups attached to an aromatic ring is 1. The fourth-order valence-electron chi connectivity index (χ4n) is 2.70. The van der Waals surface area contributed by atoms with Crippen LogP contribution in [0.3, 0.4) is 0 Å². The van der Waals surface area contributed by atoms with Gasteiger partial charge in [0.1, 0.15) is 22.8 Å². The second kappa shape index (κ2) is 6.79. The molecule has 1 aromatic carbocycles. The lowest BCUT2D eigenvalue weighted by Crippen LogP contribution is -2.30. The number of carboxylic acid groups (broad SMARTS) is 1. The van der Waals surface area contributed by atoms with E-state index in [0.29, 0.717) is 28.1 Å². The Morgan fingerprint density at radius 1 is 1.31 bits per heavy atom. The lowest BCUT2D eigenvalue weighted by Gasteiger charge is -2.20. The standard InChI is InChI=1S/C17H19N5O4/c1-21-9-19-15-12(21)7-14(18)20-16(15)22(17(23)24)8-10-4-5-11(25-2)6-13(10)26-3/h4-7,9H,8H2,1-3H3,(H2,18,20)(H,23,24). The van der Waals surface area contributed by atoms with Gasteiger partial charge in [-0.05, 0) is 12.1 Å². The number of hydrogen-bond acceptors (Lipinski definition) is 6. The van der Waals surface area contributed by atoms with E-state index in [0.717, 1.165) is 4.90 Å². The van der Waals surface area contributed by atoms with E-state index in [1.54, 1.807) is 49.3 Å². The van der Waals surface area contributed by atoms with E-state index in [9.17, 15) is 9.90 Å². The van der Waals surface area contributed by atoms with Gasteiger partial charge in [0, 0.05) is 24.7 Å². The third kappa shape index (κ3) is 3.06. The van der Waals surface area contributed by atoms with E-state index in [4.69, 9.17) is 15.2 Å². The van der Waals surface area contributed by atoms with Gasteiger partial charge in [-0.25, -0.2) is 14.8 Å². The van der Waals surface area contributed by atoms with E-state index < -0.39 is 6.09 Å². The van der Waals surface area contributed by atoms with Crippen LogP contribution in [0.25, 0.3) is 11.0 Å². The lowest BCUT2D eigenvalue weighted by molar-refractivity contribution is 0.201. The maximum absolute atomic E-state index is 11.9. The second-order valence-corrected chi connectivity index (χ2v) is 5.64. The number of pyridine rings is 1. The molecule has 0 bridgehead atoms. The predicted molar refractivity (Wildman–Crippen MR) is 96.7 cm³/mol. The van der Waals surface area contributed by atoms with Gasteiger partial charge in [0.25, 0.3) is 0 Å². The molecule has 0 fully saturated rings. The maximum atomic E-state index is 11.9. The zero-order valence-corrected chi connectivity index (χ0v) is 14.6. The van der Waals surface area contributed by atoms with Crippen LogP contribution in [0.2, 0.25) is 0 Å². The number of benzene rings is 1. The van der Waals surface area contributed by atoms with Gasteiger partial charge in [0.15, 0.2) is 5.82 Å². The number of fused-ring (bicyclic) bond motifs is 1. The number of nitrogens with two attached hydrogens (primary N) is 1. The Morgan fingerprint density at radius 2 is 2.08 bits per heavy atom. The molecule has 0 atom stereocenters. The van der Waals surface area contributed by atoms with Crippen molar-refractivity contribution in [2.75, 3.05) is 24.9 Å². The van der Waals surface area contributed by atoms with Crippen LogP contribution in [0.4, 0.5) is 16.4 Å². The first-order valence-electron chi connectivity index (χ1n) is 7.73. The number of aromatic nitrogens is 3. The summed E-state index contributed by atoms with van der Waals surface area (Å²) in [6, 6.07) is 6.83. The normalized spacial score (nSPS) is 10.7. The lowest BCUT2D eigenvalue weighted by atomic mass is 10.1. The van der Waals surface area contributed by atoms with Gasteiger partial charge in [-0.2, -0.15) is 0 Å². The number of anilines is 2. The topological polar surface area (TPSA) is 116 Å². The smallest absolute Gasteiger partial charge is 0.413 e. The number of carbonyl (C=O) groups is 1. The van der Waals surface area contributed by atoms with Crippen LogP contribution in [-0.4, -0.2) is 40.0 Å². The summed E-state index contributed by atoms with van der Waals surface area (Å²) in [5.74, 6) is 1.51. The number of ether oxygens (including phenoxy) is 2. The number of nitrogens with zero attached hydrogens (tertiary/aromatic N) is 4. The fourth-order valence-corrected chi connectivity index (χ4v) is 2.70. The predicted octanol–water partition coefficient (Wildman–Crippen LogP) is 2.25. The molecule has 0 saturated carbocycles. The van der Waals surface area contributed by atoms with E-state index >= 15 is 0 Å². The Labute approximate surface area is 149 Å². The van der Waals surface area contributed by atoms with E-state index in [1.165, 1.54) is 7.11 Å². The molecule has 0 radical (unpaired) electrons. The highest BCUT2D eigenvalue weighted by molar-refractivity contribution is 5.97. The van der Waals surface area contributed by atoms with Gasteiger partial charge in [-0.1, -0.05) is 0 Å². The highest BCUT2D eigenvalue weighted by Crippen LogP contribution is 2.30. The molecular formula is C17H19N5O4. The molecule has 3 N–H and O–H groups in total. The molecule has 0 aliphatic rings. The summed E-state index contributed by atoms with van der Waals surface area (Å²) in [6.07, 6.45) is 0.413. The first-order chi connectivity index (χ1) is 12.4. The van der Waals surface area contributed by atoms with Crippen molar-refractivity contribution in [1.82, 2.24) is 14.5 Å². The number of hydrogen-bond donors (Lipinski definition) is 2. The van der Waals surface area contributed by atoms with Crippen LogP contribution in [0.15, 0.2) is 30.6 Å². The number of rotatable bonds is 5. The fraction of sp³-hybridized carbons (Fsp3) is 0.235. The SMILES string of the molecule is COc1ccc(CN(C(=O)O)c2nc(N)cc3c2ncn3C)c(OC)c1. The van der Waals surface area contributed by atoms with Crippen molar-refractivity contribution in [3.8, 4) is 11.5 Å². The Balaban J connectivity index is 2.08. The average molecular weight is 357 g/mol. The zero-order valence-electron chi connectivity index (χ0n) is 14.6. The largest absolute Gasteiger partial charge is 0.497 e. The van der Waals surface area contributed by atoms with Crippen LogP contribution >= 0.6 is 0 Å². The number of imidazole rings is 1. The molecule has 2 heterocycles. The van der Waals surface area contributed by atoms with Crippen LogP contribution in [-0.2, 0) is 13.6 Å². The van der Waals surface area contributed by atoms with Crippen LogP contribution in [0.1, 0.15) is 5.56 Å². The first-order valence-corrected chi connectivity index (χ1v) is 7.73. The van der Waals surface area contributed by atoms with Crippen molar-refractivity contribution >= 4 is 28.8 Å². The van der Waals surface area contributed by atoms with Crippen LogP contribution < -0.4 is 20.1 Å². The minimum absolute atomic E-state index is 0.0185. The maximum Gasteiger partial charge on any atom is 0.413 e. The molecule has 26 heavy (non-hydrogen) atoms. The van der Waals surface area contributed by atoms with E-state index in [2.05, 4.69) is 9.97 Å². The molecule has 2 aromatic heterocycles. The molecule has 0 aliphatic carbocycles. The van der Waals surface area contributed by atoms with Crippen molar-refractivity contribution in [3.05, 3.63) is 36.2 Å². The highest BCUT2D eigenvalue weighted by Gasteiger charge is 2.23. The Kier molecular flexibility index (Phi) is 4.53. The summed E-state index contributed by atoms with van der Waals surface area (Å²) in [5, 5.41) is 9.75. The second-order valence-electron chi connectivity index (χ2n) is 5.64. The Bertz CT molecular complexity index is 969. The molecule has 3 rings (SSSR count). The van der Waals surface area contributed by atoms with Gasteiger partial charge in [0.05, 0.1) is 32.6 Å². The zero-order chi connectivity index (χ0) is 18.8. The van der Waals surface area contributed by atoms with Crippen molar-refractivity contribution in [3.63, 3.8) is 0 Å². The average Bonchev–Trinajstić information content (AvgIpc) is 2.99. The van der Waals surface area contributed by atoms with Gasteiger partial charge in [-0.15, -0.1) is 0 Å². The van der Waals surface area contributed by atoms with Gasteiger partial charge >= 0.3 is 6.09 Å². The summed E-state index contributed by atoms with van der Waals surface area (Å²) in [4.78, 5) is 21.5. The van der Waals surface area contributed by atoms with Gasteiger partial charge in [0.2, 0.25) is 0 Å². The summed E-state index contributed by atoms with van der Waals surface area (Å²) in [7, 11) is 4.86. The molecule has 0 aliphatic heterocycles. The molecule has 0 spiro atoms. The molecule has 9 heteroatoms. The van der Waals surface area contributed by atoms with Crippen molar-refractivity contribution < 1.29 is 19.4 Å². The first kappa shape index (κ1) is 17.3. The quantitative estimate of drug-likeness (QED) is 0.719. The van der Waals surface area contributed by atoms with Gasteiger partial charge in [-0.3, -0.25) is 4.90 Å². The van der Waals surface area contributed by atoms with Crippen molar-refractivity contribution in [2.45, 2.75) is 6.54 Å². The van der Waals surface area contributed by atoms with Crippen molar-refractivity contribution in [1.29, 1.82) is 0 Å². The van der Waals surface area contributed by atoms with Crippen LogP contribution in [0, 0.1) is 0 Å². The van der Waals surface area contributed by atoms with E-state index in [1.807, 2.05) is 0 Å². The molecule has 1 amide bonds. The minimum atomic E-state index is -1.17. The number of methoxy groups -OCH3 is 2. The third-order valence-electron chi connectivity index (χ3n) is 4.02. The number of amides is 1. The van der Waals surface area contributed by atoms with Crippen LogP contribution in [0.5, 0.6) is 11.5 Å². The monoisotopic (exact) mass is 357 g/mol. The molecule has 136 valence electrons. The minimum Gasteiger partial charge on any atom is -0.497 e. The highest BCUT2D eigenvalue weighted by atomic mass is 16.5. The number of aryl methyl sites for hydroxylation is 1. The third-order valence-corrected chi connectivity index (χ3v) is 4.02. The molecule has 3 aromatic rings. The summed E-state index contributed by atoms with van der Waals surface area (Å²) in [6.45, 7) is 0.0185. The summed E-state index contributed by atoms with van der Waals surface area (Å²) >= 11 is 0. The Morgan fingerprint density at radius 3 is 2.73 bits per heavy atom. The molecular weight excluding hydrogens is 338 g/mol. The summed E-state index contributed by atoms with van der Waals surface area (Å²) in [5.41, 5.74) is 7.67. The molecule has 0 unspecified atom stereocenters. The van der Waals surface area contributed by atoms with E-state index in [-0.39, 0.29) is 18.2 Å². The summed E-state index contributed by atoms with van der Waals surface area (Å²) < 4.78 is 12.3. The molecule has 0 saturated heterocycles. The Hall–Kier alpha value is -3.49. The van der Waals surface area contributed by atoms with Crippen molar-refractivity contribution in [2.24, 2.45) is 7.05 Å². The molecule has 9 nitrogen and oxygen atoms in total.